The standard InChI is InChI=1S/C34H50O9/c1-7-8-9-10-14-18-30(37)42-32-27(22-31(38)39-5)21-28(43-34(32,40-6)33(3,4)19-15-20-35)23-29(36)25(2)41-24-26-16-12-11-13-17-26/h11-13,15-17,19-20,22,25,28-29,32,36H,7-10,14,18,21,23-24H2,1-6H3/b19-15+,27-22+/t25-,28-,29+,32-,34+/m0/s1. The molecule has 0 spiro atoms. The van der Waals surface area contributed by atoms with Crippen molar-refractivity contribution < 1.29 is 43.2 Å². The number of ether oxygens (including phenoxy) is 5. The predicted molar refractivity (Wildman–Crippen MR) is 163 cm³/mol. The molecule has 240 valence electrons. The van der Waals surface area contributed by atoms with Crippen molar-refractivity contribution in [2.45, 2.75) is 116 Å². The van der Waals surface area contributed by atoms with Crippen LogP contribution in [0.2, 0.25) is 0 Å². The van der Waals surface area contributed by atoms with Crippen LogP contribution in [0.4, 0.5) is 0 Å². The summed E-state index contributed by atoms with van der Waals surface area (Å²) in [7, 11) is 2.70. The molecule has 1 aromatic carbocycles. The van der Waals surface area contributed by atoms with Crippen LogP contribution in [0, 0.1) is 5.41 Å². The third-order valence-electron chi connectivity index (χ3n) is 7.92. The Morgan fingerprint density at radius 1 is 1.14 bits per heavy atom. The smallest absolute Gasteiger partial charge is 0.330 e. The Morgan fingerprint density at radius 2 is 1.84 bits per heavy atom. The maximum Gasteiger partial charge on any atom is 0.330 e. The van der Waals surface area contributed by atoms with Crippen LogP contribution in [0.25, 0.3) is 0 Å². The van der Waals surface area contributed by atoms with Gasteiger partial charge in [0.15, 0.2) is 6.10 Å². The van der Waals surface area contributed by atoms with Crippen LogP contribution < -0.4 is 0 Å². The summed E-state index contributed by atoms with van der Waals surface area (Å²) in [6.07, 6.45) is 7.00. The number of benzene rings is 1. The van der Waals surface area contributed by atoms with E-state index in [0.29, 0.717) is 24.9 Å². The van der Waals surface area contributed by atoms with Crippen molar-refractivity contribution in [3.8, 4) is 0 Å². The highest BCUT2D eigenvalue weighted by Gasteiger charge is 2.59. The number of aliphatic hydroxyl groups excluding tert-OH is 1. The number of esters is 2. The van der Waals surface area contributed by atoms with Gasteiger partial charge in [-0.15, -0.1) is 0 Å². The fraction of sp³-hybridized carbons (Fsp3) is 0.618. The summed E-state index contributed by atoms with van der Waals surface area (Å²) in [5.74, 6) is -2.71. The van der Waals surface area contributed by atoms with Gasteiger partial charge in [-0.2, -0.15) is 0 Å². The van der Waals surface area contributed by atoms with E-state index in [2.05, 4.69) is 6.92 Å². The van der Waals surface area contributed by atoms with Gasteiger partial charge in [-0.05, 0) is 37.0 Å². The average molecular weight is 603 g/mol. The Hall–Kier alpha value is -2.85. The minimum atomic E-state index is -1.64. The first-order valence-electron chi connectivity index (χ1n) is 15.2. The minimum Gasteiger partial charge on any atom is -0.466 e. The van der Waals surface area contributed by atoms with Crippen molar-refractivity contribution in [2.24, 2.45) is 5.41 Å². The van der Waals surface area contributed by atoms with Gasteiger partial charge in [0.2, 0.25) is 5.79 Å². The van der Waals surface area contributed by atoms with E-state index in [1.165, 1.54) is 26.4 Å². The second-order valence-corrected chi connectivity index (χ2v) is 11.6. The Labute approximate surface area is 256 Å². The van der Waals surface area contributed by atoms with Crippen LogP contribution in [0.1, 0.15) is 84.6 Å². The van der Waals surface area contributed by atoms with Gasteiger partial charge in [-0.3, -0.25) is 9.59 Å². The summed E-state index contributed by atoms with van der Waals surface area (Å²) in [4.78, 5) is 36.9. The molecule has 2 rings (SSSR count). The van der Waals surface area contributed by atoms with Gasteiger partial charge < -0.3 is 28.8 Å². The number of rotatable bonds is 18. The fourth-order valence-corrected chi connectivity index (χ4v) is 5.34. The first kappa shape index (κ1) is 36.3. The summed E-state index contributed by atoms with van der Waals surface area (Å²) in [6, 6.07) is 9.66. The van der Waals surface area contributed by atoms with Crippen LogP contribution in [0.15, 0.2) is 54.1 Å². The normalized spacial score (nSPS) is 23.2. The van der Waals surface area contributed by atoms with E-state index in [0.717, 1.165) is 31.2 Å². The molecule has 1 aromatic rings. The van der Waals surface area contributed by atoms with Crippen LogP contribution >= 0.6 is 0 Å². The number of hydrogen-bond donors (Lipinski definition) is 1. The lowest BCUT2D eigenvalue weighted by Crippen LogP contribution is -2.63. The molecule has 0 aromatic heterocycles. The van der Waals surface area contributed by atoms with Crippen LogP contribution in [-0.2, 0) is 44.7 Å². The van der Waals surface area contributed by atoms with E-state index >= 15 is 0 Å². The van der Waals surface area contributed by atoms with E-state index in [9.17, 15) is 19.5 Å². The highest BCUT2D eigenvalue weighted by Crippen LogP contribution is 2.48. The van der Waals surface area contributed by atoms with E-state index in [1.807, 2.05) is 30.3 Å². The van der Waals surface area contributed by atoms with Crippen molar-refractivity contribution in [2.75, 3.05) is 14.2 Å². The zero-order valence-corrected chi connectivity index (χ0v) is 26.6. The summed E-state index contributed by atoms with van der Waals surface area (Å²) < 4.78 is 29.6. The molecule has 1 saturated heterocycles. The monoisotopic (exact) mass is 602 g/mol. The van der Waals surface area contributed by atoms with Crippen molar-refractivity contribution in [1.82, 2.24) is 0 Å². The van der Waals surface area contributed by atoms with E-state index in [-0.39, 0.29) is 19.3 Å². The Bertz CT molecular complexity index is 1060. The number of unbranched alkanes of at least 4 members (excludes halogenated alkanes) is 4. The van der Waals surface area contributed by atoms with Gasteiger partial charge in [0.25, 0.3) is 0 Å². The van der Waals surface area contributed by atoms with Gasteiger partial charge in [0.1, 0.15) is 6.29 Å². The van der Waals surface area contributed by atoms with Gasteiger partial charge in [0.05, 0.1) is 32.0 Å². The molecular formula is C34H50O9. The van der Waals surface area contributed by atoms with Gasteiger partial charge >= 0.3 is 11.9 Å². The Morgan fingerprint density at radius 3 is 2.47 bits per heavy atom. The molecule has 9 nitrogen and oxygen atoms in total. The molecule has 0 aliphatic carbocycles. The molecule has 1 heterocycles. The van der Waals surface area contributed by atoms with E-state index in [4.69, 9.17) is 23.7 Å². The molecule has 1 aliphatic rings. The third-order valence-corrected chi connectivity index (χ3v) is 7.92. The number of allylic oxidation sites excluding steroid dienone is 1. The maximum atomic E-state index is 13.1. The highest BCUT2D eigenvalue weighted by atomic mass is 16.7. The van der Waals surface area contributed by atoms with Crippen LogP contribution in [0.5, 0.6) is 0 Å². The highest BCUT2D eigenvalue weighted by molar-refractivity contribution is 5.83. The third kappa shape index (κ3) is 10.7. The van der Waals surface area contributed by atoms with Crippen LogP contribution in [-0.4, -0.2) is 67.8 Å². The largest absolute Gasteiger partial charge is 0.466 e. The molecule has 0 radical (unpaired) electrons. The zero-order valence-electron chi connectivity index (χ0n) is 26.6. The minimum absolute atomic E-state index is 0.144. The lowest BCUT2D eigenvalue weighted by molar-refractivity contribution is -0.338. The summed E-state index contributed by atoms with van der Waals surface area (Å²) in [5, 5.41) is 11.1. The number of hydrogen-bond acceptors (Lipinski definition) is 9. The SMILES string of the molecule is CCCCCCCC(=O)O[C@H]1/C(=C/C(=O)OC)C[C@@H](C[C@@H](O)[C@H](C)OCc2ccccc2)O[C@@]1(OC)C(C)(C)/C=C/C=O. The number of aldehydes is 1. The maximum absolute atomic E-state index is 13.1. The lowest BCUT2D eigenvalue weighted by Gasteiger charge is -2.53. The van der Waals surface area contributed by atoms with E-state index in [1.54, 1.807) is 26.8 Å². The fourth-order valence-electron chi connectivity index (χ4n) is 5.34. The molecule has 43 heavy (non-hydrogen) atoms. The molecule has 0 saturated carbocycles. The molecule has 0 unspecified atom stereocenters. The predicted octanol–water partition coefficient (Wildman–Crippen LogP) is 5.63. The number of carbonyl (C=O) groups is 3. The molecule has 1 aliphatic heterocycles. The molecule has 0 amide bonds. The number of methoxy groups -OCH3 is 2. The van der Waals surface area contributed by atoms with Crippen LogP contribution in [0.3, 0.4) is 0 Å². The van der Waals surface area contributed by atoms with E-state index < -0.39 is 47.6 Å². The zero-order chi connectivity index (χ0) is 31.9. The second-order valence-electron chi connectivity index (χ2n) is 11.6. The Kier molecular flexibility index (Phi) is 15.3. The van der Waals surface area contributed by atoms with Crippen molar-refractivity contribution in [1.29, 1.82) is 0 Å². The summed E-state index contributed by atoms with van der Waals surface area (Å²) >= 11 is 0. The Balaban J connectivity index is 2.38. The van der Waals surface area contributed by atoms with Gasteiger partial charge in [-0.25, -0.2) is 4.79 Å². The first-order chi connectivity index (χ1) is 20.5. The molecule has 0 bridgehead atoms. The summed E-state index contributed by atoms with van der Waals surface area (Å²) in [5.41, 5.74) is 0.390. The summed E-state index contributed by atoms with van der Waals surface area (Å²) in [6.45, 7) is 7.83. The lowest BCUT2D eigenvalue weighted by atomic mass is 9.74. The second kappa shape index (κ2) is 18.1. The van der Waals surface area contributed by atoms with Crippen molar-refractivity contribution in [3.63, 3.8) is 0 Å². The first-order valence-corrected chi connectivity index (χ1v) is 15.2. The van der Waals surface area contributed by atoms with Gasteiger partial charge in [0, 0.05) is 31.4 Å². The molecule has 1 fully saturated rings. The molecule has 5 atom stereocenters. The molecule has 9 heteroatoms. The quantitative estimate of drug-likeness (QED) is 0.0988. The van der Waals surface area contributed by atoms with Crippen molar-refractivity contribution in [3.05, 3.63) is 59.7 Å². The number of carbonyl (C=O) groups excluding carboxylic acids is 3. The number of aliphatic hydroxyl groups is 1. The molecule has 1 N–H and O–H groups in total. The molecular weight excluding hydrogens is 552 g/mol. The van der Waals surface area contributed by atoms with Gasteiger partial charge in [-0.1, -0.05) is 82.9 Å². The van der Waals surface area contributed by atoms with Crippen molar-refractivity contribution >= 4 is 18.2 Å². The topological polar surface area (TPSA) is 118 Å². The average Bonchev–Trinajstić information content (AvgIpc) is 3.00.